The van der Waals surface area contributed by atoms with E-state index in [-0.39, 0.29) is 23.9 Å². The first-order valence-corrected chi connectivity index (χ1v) is 7.94. The maximum Gasteiger partial charge on any atom is 0.319 e. The van der Waals surface area contributed by atoms with Crippen molar-refractivity contribution in [1.29, 1.82) is 0 Å². The van der Waals surface area contributed by atoms with Gasteiger partial charge < -0.3 is 16.0 Å². The number of carbonyl (C=O) groups is 2. The van der Waals surface area contributed by atoms with Gasteiger partial charge in [-0.3, -0.25) is 4.79 Å². The van der Waals surface area contributed by atoms with E-state index in [1.165, 1.54) is 12.8 Å². The summed E-state index contributed by atoms with van der Waals surface area (Å²) in [6, 6.07) is 5.63. The van der Waals surface area contributed by atoms with Gasteiger partial charge in [0, 0.05) is 23.3 Å². The molecule has 1 saturated carbocycles. The molecule has 22 heavy (non-hydrogen) atoms. The van der Waals surface area contributed by atoms with Gasteiger partial charge in [0.15, 0.2) is 0 Å². The van der Waals surface area contributed by atoms with Gasteiger partial charge in [0.2, 0.25) is 5.91 Å². The van der Waals surface area contributed by atoms with Crippen molar-refractivity contribution in [1.82, 2.24) is 5.32 Å². The molecule has 0 aromatic heterocycles. The van der Waals surface area contributed by atoms with Crippen LogP contribution in [0.2, 0.25) is 0 Å². The van der Waals surface area contributed by atoms with Crippen molar-refractivity contribution in [3.05, 3.63) is 23.8 Å². The Morgan fingerprint density at radius 3 is 2.45 bits per heavy atom. The molecule has 0 heterocycles. The summed E-state index contributed by atoms with van der Waals surface area (Å²) in [7, 11) is 0. The zero-order chi connectivity index (χ0) is 16.1. The summed E-state index contributed by atoms with van der Waals surface area (Å²) in [5, 5.41) is 8.72. The summed E-state index contributed by atoms with van der Waals surface area (Å²) >= 11 is 0. The second-order valence-electron chi connectivity index (χ2n) is 6.25. The molecule has 3 amide bonds. The van der Waals surface area contributed by atoms with E-state index in [0.717, 1.165) is 24.1 Å². The number of anilines is 2. The lowest BCUT2D eigenvalue weighted by molar-refractivity contribution is -0.118. The monoisotopic (exact) mass is 303 g/mol. The number of rotatable bonds is 4. The molecule has 0 bridgehead atoms. The number of hydrogen-bond donors (Lipinski definition) is 3. The van der Waals surface area contributed by atoms with E-state index in [2.05, 4.69) is 16.0 Å². The molecule has 120 valence electrons. The minimum atomic E-state index is -0.178. The van der Waals surface area contributed by atoms with E-state index < -0.39 is 0 Å². The molecule has 3 N–H and O–H groups in total. The molecule has 0 radical (unpaired) electrons. The van der Waals surface area contributed by atoms with Crippen molar-refractivity contribution in [2.24, 2.45) is 5.92 Å². The van der Waals surface area contributed by atoms with Crippen LogP contribution in [0.3, 0.4) is 0 Å². The summed E-state index contributed by atoms with van der Waals surface area (Å²) in [4.78, 5) is 23.8. The highest BCUT2D eigenvalue weighted by atomic mass is 16.2. The summed E-state index contributed by atoms with van der Waals surface area (Å²) < 4.78 is 0. The zero-order valence-corrected chi connectivity index (χ0v) is 13.5. The Labute approximate surface area is 131 Å². The van der Waals surface area contributed by atoms with Gasteiger partial charge >= 0.3 is 6.03 Å². The molecule has 0 aliphatic heterocycles. The fourth-order valence-corrected chi connectivity index (χ4v) is 2.53. The van der Waals surface area contributed by atoms with Gasteiger partial charge in [-0.2, -0.15) is 0 Å². The predicted molar refractivity (Wildman–Crippen MR) is 89.1 cm³/mol. The van der Waals surface area contributed by atoms with Crippen molar-refractivity contribution in [3.63, 3.8) is 0 Å². The third-order valence-corrected chi connectivity index (χ3v) is 3.97. The van der Waals surface area contributed by atoms with E-state index in [1.54, 1.807) is 6.07 Å². The first-order chi connectivity index (χ1) is 10.5. The number of amides is 3. The average Bonchev–Trinajstić information content (AvgIpc) is 2.95. The van der Waals surface area contributed by atoms with Gasteiger partial charge in [0.05, 0.1) is 0 Å². The lowest BCUT2D eigenvalue weighted by atomic mass is 10.1. The smallest absolute Gasteiger partial charge is 0.319 e. The minimum absolute atomic E-state index is 0.0368. The first kappa shape index (κ1) is 16.3. The van der Waals surface area contributed by atoms with Crippen LogP contribution in [0.5, 0.6) is 0 Å². The van der Waals surface area contributed by atoms with Gasteiger partial charge in [-0.05, 0) is 37.5 Å². The molecule has 0 unspecified atom stereocenters. The first-order valence-electron chi connectivity index (χ1n) is 7.94. The van der Waals surface area contributed by atoms with Gasteiger partial charge in [0.1, 0.15) is 0 Å². The Balaban J connectivity index is 1.99. The van der Waals surface area contributed by atoms with Crippen LogP contribution < -0.4 is 16.0 Å². The summed E-state index contributed by atoms with van der Waals surface area (Å²) in [6.45, 7) is 5.62. The van der Waals surface area contributed by atoms with E-state index >= 15 is 0 Å². The van der Waals surface area contributed by atoms with Gasteiger partial charge in [0.25, 0.3) is 0 Å². The number of hydrogen-bond acceptors (Lipinski definition) is 2. The second kappa shape index (κ2) is 7.29. The molecule has 0 saturated heterocycles. The predicted octanol–water partition coefficient (Wildman–Crippen LogP) is 3.65. The Morgan fingerprint density at radius 2 is 1.82 bits per heavy atom. The molecule has 2 rings (SSSR count). The van der Waals surface area contributed by atoms with Crippen molar-refractivity contribution in [3.8, 4) is 0 Å². The summed E-state index contributed by atoms with van der Waals surface area (Å²) in [5.74, 6) is -0.117. The lowest BCUT2D eigenvalue weighted by Crippen LogP contribution is -2.36. The molecule has 5 heteroatoms. The third kappa shape index (κ3) is 4.48. The van der Waals surface area contributed by atoms with Crippen LogP contribution in [0, 0.1) is 12.8 Å². The fraction of sp³-hybridized carbons (Fsp3) is 0.529. The minimum Gasteiger partial charge on any atom is -0.335 e. The van der Waals surface area contributed by atoms with Crippen molar-refractivity contribution >= 4 is 23.3 Å². The number of benzene rings is 1. The standard InChI is InChI=1S/C17H25N3O2/c1-11(2)16(21)18-14-9-8-12(3)15(10-14)20-17(22)19-13-6-4-5-7-13/h8-11,13H,4-7H2,1-3H3,(H,18,21)(H2,19,20,22). The van der Waals surface area contributed by atoms with Crippen LogP contribution in [0.15, 0.2) is 18.2 Å². The van der Waals surface area contributed by atoms with E-state index in [1.807, 2.05) is 32.9 Å². The molecule has 5 nitrogen and oxygen atoms in total. The SMILES string of the molecule is Cc1ccc(NC(=O)C(C)C)cc1NC(=O)NC1CCCC1. The number of urea groups is 1. The third-order valence-electron chi connectivity index (χ3n) is 3.97. The highest BCUT2D eigenvalue weighted by Crippen LogP contribution is 2.22. The molecular weight excluding hydrogens is 278 g/mol. The maximum absolute atomic E-state index is 12.1. The van der Waals surface area contributed by atoms with Gasteiger partial charge in [-0.25, -0.2) is 4.79 Å². The fourth-order valence-electron chi connectivity index (χ4n) is 2.53. The average molecular weight is 303 g/mol. The van der Waals surface area contributed by atoms with Crippen LogP contribution >= 0.6 is 0 Å². The molecule has 1 aliphatic carbocycles. The Bertz CT molecular complexity index is 549. The van der Waals surface area contributed by atoms with Crippen molar-refractivity contribution in [2.45, 2.75) is 52.5 Å². The van der Waals surface area contributed by atoms with E-state index in [0.29, 0.717) is 5.69 Å². The quantitative estimate of drug-likeness (QED) is 0.794. The molecule has 1 aromatic carbocycles. The molecule has 0 spiro atoms. The molecular formula is C17H25N3O2. The Hall–Kier alpha value is -2.04. The van der Waals surface area contributed by atoms with Crippen molar-refractivity contribution < 1.29 is 9.59 Å². The number of carbonyl (C=O) groups excluding carboxylic acids is 2. The molecule has 1 aliphatic rings. The second-order valence-corrected chi connectivity index (χ2v) is 6.25. The van der Waals surface area contributed by atoms with Crippen molar-refractivity contribution in [2.75, 3.05) is 10.6 Å². The Kier molecular flexibility index (Phi) is 5.41. The summed E-state index contributed by atoms with van der Waals surface area (Å²) in [5.41, 5.74) is 2.38. The molecule has 1 aromatic rings. The highest BCUT2D eigenvalue weighted by Gasteiger charge is 2.17. The van der Waals surface area contributed by atoms with Crippen LogP contribution in [0.4, 0.5) is 16.2 Å². The largest absolute Gasteiger partial charge is 0.335 e. The molecule has 0 atom stereocenters. The topological polar surface area (TPSA) is 70.2 Å². The van der Waals surface area contributed by atoms with Crippen LogP contribution in [0.1, 0.15) is 45.1 Å². The van der Waals surface area contributed by atoms with Gasteiger partial charge in [-0.15, -0.1) is 0 Å². The lowest BCUT2D eigenvalue weighted by Gasteiger charge is -2.15. The highest BCUT2D eigenvalue weighted by molar-refractivity contribution is 5.94. The number of aryl methyl sites for hydroxylation is 1. The molecule has 1 fully saturated rings. The van der Waals surface area contributed by atoms with Crippen LogP contribution in [-0.4, -0.2) is 18.0 Å². The van der Waals surface area contributed by atoms with E-state index in [9.17, 15) is 9.59 Å². The summed E-state index contributed by atoms with van der Waals surface area (Å²) in [6.07, 6.45) is 4.47. The Morgan fingerprint density at radius 1 is 1.14 bits per heavy atom. The zero-order valence-electron chi connectivity index (χ0n) is 13.5. The normalized spacial score (nSPS) is 14.9. The number of nitrogens with one attached hydrogen (secondary N) is 3. The van der Waals surface area contributed by atoms with Gasteiger partial charge in [-0.1, -0.05) is 32.8 Å². The maximum atomic E-state index is 12.1. The van der Waals surface area contributed by atoms with Crippen LogP contribution in [-0.2, 0) is 4.79 Å². The van der Waals surface area contributed by atoms with E-state index in [4.69, 9.17) is 0 Å². The van der Waals surface area contributed by atoms with Crippen LogP contribution in [0.25, 0.3) is 0 Å².